The Bertz CT molecular complexity index is 261. The van der Waals surface area contributed by atoms with Crippen LogP contribution in [0.4, 0.5) is 0 Å². The van der Waals surface area contributed by atoms with E-state index in [-0.39, 0.29) is 0 Å². The van der Waals surface area contributed by atoms with Gasteiger partial charge in [-0.3, -0.25) is 0 Å². The van der Waals surface area contributed by atoms with Crippen LogP contribution in [0.5, 0.6) is 0 Å². The van der Waals surface area contributed by atoms with Gasteiger partial charge >= 0.3 is 0 Å². The molecular formula is C10H17N3. The Morgan fingerprint density at radius 2 is 2.23 bits per heavy atom. The summed E-state index contributed by atoms with van der Waals surface area (Å²) in [5, 5.41) is 8.23. The summed E-state index contributed by atoms with van der Waals surface area (Å²) in [6, 6.07) is 0. The predicted molar refractivity (Wildman–Crippen MR) is 51.5 cm³/mol. The van der Waals surface area contributed by atoms with Gasteiger partial charge in [-0.15, -0.1) is 10.2 Å². The number of hydrogen-bond donors (Lipinski definition) is 0. The summed E-state index contributed by atoms with van der Waals surface area (Å²) in [6.45, 7) is 3.26. The molecule has 72 valence electrons. The van der Waals surface area contributed by atoms with Gasteiger partial charge in [0.2, 0.25) is 0 Å². The smallest absolute Gasteiger partial charge is 0.135 e. The lowest BCUT2D eigenvalue weighted by Crippen LogP contribution is -2.06. The second-order valence-electron chi connectivity index (χ2n) is 3.86. The van der Waals surface area contributed by atoms with E-state index in [0.717, 1.165) is 13.0 Å². The van der Waals surface area contributed by atoms with Crippen LogP contribution in [0.15, 0.2) is 6.33 Å². The van der Waals surface area contributed by atoms with Crippen molar-refractivity contribution in [2.75, 3.05) is 0 Å². The van der Waals surface area contributed by atoms with E-state index >= 15 is 0 Å². The molecule has 0 saturated heterocycles. The maximum absolute atomic E-state index is 4.23. The van der Waals surface area contributed by atoms with Crippen LogP contribution in [0.3, 0.4) is 0 Å². The predicted octanol–water partition coefficient (Wildman–Crippen LogP) is 2.35. The van der Waals surface area contributed by atoms with Gasteiger partial charge in [0.25, 0.3) is 0 Å². The van der Waals surface area contributed by atoms with Crippen LogP contribution in [-0.2, 0) is 6.54 Å². The lowest BCUT2D eigenvalue weighted by Gasteiger charge is -2.09. The summed E-state index contributed by atoms with van der Waals surface area (Å²) < 4.78 is 2.22. The minimum Gasteiger partial charge on any atom is -0.317 e. The van der Waals surface area contributed by atoms with Gasteiger partial charge in [0.05, 0.1) is 0 Å². The average Bonchev–Trinajstić information content (AvgIpc) is 2.71. The molecule has 13 heavy (non-hydrogen) atoms. The second-order valence-corrected chi connectivity index (χ2v) is 3.86. The summed E-state index contributed by atoms with van der Waals surface area (Å²) in [5.41, 5.74) is 0. The summed E-state index contributed by atoms with van der Waals surface area (Å²) >= 11 is 0. The lowest BCUT2D eigenvalue weighted by atomic mass is 10.1. The van der Waals surface area contributed by atoms with Crippen LogP contribution in [0.25, 0.3) is 0 Å². The van der Waals surface area contributed by atoms with Crippen molar-refractivity contribution in [2.24, 2.45) is 0 Å². The van der Waals surface area contributed by atoms with Crippen molar-refractivity contribution in [2.45, 2.75) is 51.5 Å². The normalized spacial score (nSPS) is 18.2. The Morgan fingerprint density at radius 3 is 2.92 bits per heavy atom. The standard InChI is InChI=1S/C10H17N3/c1-2-7-13-8-11-12-10(13)9-5-3-4-6-9/h8-9H,2-7H2,1H3. The summed E-state index contributed by atoms with van der Waals surface area (Å²) in [6.07, 6.45) is 8.38. The average molecular weight is 179 g/mol. The molecule has 1 aromatic heterocycles. The topological polar surface area (TPSA) is 30.7 Å². The maximum atomic E-state index is 4.23. The Kier molecular flexibility index (Phi) is 2.62. The van der Waals surface area contributed by atoms with Crippen LogP contribution >= 0.6 is 0 Å². The highest BCUT2D eigenvalue weighted by Gasteiger charge is 2.21. The molecular weight excluding hydrogens is 162 g/mol. The number of aryl methyl sites for hydroxylation is 1. The molecule has 0 atom stereocenters. The van der Waals surface area contributed by atoms with Gasteiger partial charge in [-0.1, -0.05) is 19.8 Å². The van der Waals surface area contributed by atoms with E-state index < -0.39 is 0 Å². The Hall–Kier alpha value is -0.860. The van der Waals surface area contributed by atoms with Gasteiger partial charge in [-0.05, 0) is 19.3 Å². The van der Waals surface area contributed by atoms with Gasteiger partial charge in [-0.2, -0.15) is 0 Å². The van der Waals surface area contributed by atoms with Crippen LogP contribution in [0.2, 0.25) is 0 Å². The van der Waals surface area contributed by atoms with E-state index in [1.165, 1.54) is 31.5 Å². The number of nitrogens with zero attached hydrogens (tertiary/aromatic N) is 3. The molecule has 0 spiro atoms. The molecule has 2 rings (SSSR count). The zero-order valence-electron chi connectivity index (χ0n) is 8.24. The quantitative estimate of drug-likeness (QED) is 0.713. The molecule has 0 N–H and O–H groups in total. The molecule has 3 heteroatoms. The summed E-state index contributed by atoms with van der Waals surface area (Å²) in [4.78, 5) is 0. The molecule has 3 nitrogen and oxygen atoms in total. The number of aromatic nitrogens is 3. The van der Waals surface area contributed by atoms with Crippen LogP contribution < -0.4 is 0 Å². The SMILES string of the molecule is CCCn1cnnc1C1CCCC1. The summed E-state index contributed by atoms with van der Waals surface area (Å²) in [5.74, 6) is 1.91. The molecule has 0 bridgehead atoms. The third-order valence-electron chi connectivity index (χ3n) is 2.83. The zero-order chi connectivity index (χ0) is 9.10. The summed E-state index contributed by atoms with van der Waals surface area (Å²) in [7, 11) is 0. The Morgan fingerprint density at radius 1 is 1.46 bits per heavy atom. The molecule has 1 heterocycles. The van der Waals surface area contributed by atoms with Crippen LogP contribution in [-0.4, -0.2) is 14.8 Å². The van der Waals surface area contributed by atoms with E-state index in [4.69, 9.17) is 0 Å². The van der Waals surface area contributed by atoms with Crippen molar-refractivity contribution in [3.63, 3.8) is 0 Å². The lowest BCUT2D eigenvalue weighted by molar-refractivity contribution is 0.574. The highest BCUT2D eigenvalue weighted by atomic mass is 15.3. The van der Waals surface area contributed by atoms with Gasteiger partial charge in [0.1, 0.15) is 12.2 Å². The largest absolute Gasteiger partial charge is 0.317 e. The van der Waals surface area contributed by atoms with E-state index in [1.807, 2.05) is 6.33 Å². The first-order valence-corrected chi connectivity index (χ1v) is 5.29. The molecule has 1 aliphatic rings. The molecule has 1 aromatic rings. The van der Waals surface area contributed by atoms with E-state index in [0.29, 0.717) is 5.92 Å². The van der Waals surface area contributed by atoms with Crippen LogP contribution in [0.1, 0.15) is 50.8 Å². The van der Waals surface area contributed by atoms with E-state index in [9.17, 15) is 0 Å². The minimum absolute atomic E-state index is 0.689. The van der Waals surface area contributed by atoms with Gasteiger partial charge in [-0.25, -0.2) is 0 Å². The number of rotatable bonds is 3. The first-order valence-electron chi connectivity index (χ1n) is 5.29. The van der Waals surface area contributed by atoms with Crippen molar-refractivity contribution in [3.05, 3.63) is 12.2 Å². The van der Waals surface area contributed by atoms with Gasteiger partial charge in [0.15, 0.2) is 0 Å². The minimum atomic E-state index is 0.689. The zero-order valence-corrected chi connectivity index (χ0v) is 8.24. The van der Waals surface area contributed by atoms with Crippen molar-refractivity contribution in [3.8, 4) is 0 Å². The first-order chi connectivity index (χ1) is 6.42. The highest BCUT2D eigenvalue weighted by Crippen LogP contribution is 2.32. The maximum Gasteiger partial charge on any atom is 0.135 e. The first kappa shape index (κ1) is 8.73. The van der Waals surface area contributed by atoms with E-state index in [2.05, 4.69) is 21.7 Å². The fraction of sp³-hybridized carbons (Fsp3) is 0.800. The van der Waals surface area contributed by atoms with Crippen molar-refractivity contribution >= 4 is 0 Å². The van der Waals surface area contributed by atoms with Crippen molar-refractivity contribution in [1.82, 2.24) is 14.8 Å². The van der Waals surface area contributed by atoms with Gasteiger partial charge in [0, 0.05) is 12.5 Å². The van der Waals surface area contributed by atoms with Crippen molar-refractivity contribution in [1.29, 1.82) is 0 Å². The molecule has 0 aliphatic heterocycles. The highest BCUT2D eigenvalue weighted by molar-refractivity contribution is 4.98. The third kappa shape index (κ3) is 1.74. The monoisotopic (exact) mass is 179 g/mol. The van der Waals surface area contributed by atoms with E-state index in [1.54, 1.807) is 0 Å². The van der Waals surface area contributed by atoms with Gasteiger partial charge < -0.3 is 4.57 Å². The molecule has 0 amide bonds. The third-order valence-corrected chi connectivity index (χ3v) is 2.83. The Labute approximate surface area is 79.2 Å². The molecule has 0 unspecified atom stereocenters. The molecule has 1 saturated carbocycles. The molecule has 1 fully saturated rings. The molecule has 1 aliphatic carbocycles. The molecule has 0 radical (unpaired) electrons. The number of hydrogen-bond acceptors (Lipinski definition) is 2. The Balaban J connectivity index is 2.13. The fourth-order valence-corrected chi connectivity index (χ4v) is 2.18. The van der Waals surface area contributed by atoms with Crippen molar-refractivity contribution < 1.29 is 0 Å². The van der Waals surface area contributed by atoms with Crippen LogP contribution in [0, 0.1) is 0 Å². The fourth-order valence-electron chi connectivity index (χ4n) is 2.18. The molecule has 0 aromatic carbocycles. The second kappa shape index (κ2) is 3.90.